The van der Waals surface area contributed by atoms with Crippen LogP contribution < -0.4 is 4.90 Å². The SMILES string of the molecule is CC1CCN(c2ccc(Cl)cn2)C1. The molecule has 0 bridgehead atoms. The lowest BCUT2D eigenvalue weighted by Gasteiger charge is -2.16. The molecule has 2 rings (SSSR count). The molecule has 0 radical (unpaired) electrons. The van der Waals surface area contributed by atoms with Gasteiger partial charge in [-0.2, -0.15) is 0 Å². The van der Waals surface area contributed by atoms with E-state index in [2.05, 4.69) is 16.8 Å². The van der Waals surface area contributed by atoms with Crippen LogP contribution in [-0.2, 0) is 0 Å². The zero-order valence-electron chi connectivity index (χ0n) is 7.70. The summed E-state index contributed by atoms with van der Waals surface area (Å²) in [5.74, 6) is 1.84. The van der Waals surface area contributed by atoms with Gasteiger partial charge in [-0.25, -0.2) is 4.98 Å². The second-order valence-corrected chi connectivity index (χ2v) is 4.11. The van der Waals surface area contributed by atoms with Crippen molar-refractivity contribution in [3.05, 3.63) is 23.4 Å². The molecule has 2 nitrogen and oxygen atoms in total. The summed E-state index contributed by atoms with van der Waals surface area (Å²) < 4.78 is 0. The van der Waals surface area contributed by atoms with Crippen molar-refractivity contribution in [1.82, 2.24) is 4.98 Å². The molecule has 1 aromatic heterocycles. The minimum absolute atomic E-state index is 0.705. The highest BCUT2D eigenvalue weighted by Crippen LogP contribution is 2.22. The Bertz CT molecular complexity index is 283. The van der Waals surface area contributed by atoms with Crippen LogP contribution in [0.3, 0.4) is 0 Å². The highest BCUT2D eigenvalue weighted by Gasteiger charge is 2.19. The quantitative estimate of drug-likeness (QED) is 0.687. The first-order valence-electron chi connectivity index (χ1n) is 4.62. The van der Waals surface area contributed by atoms with Crippen molar-refractivity contribution in [3.63, 3.8) is 0 Å². The molecule has 1 aliphatic rings. The van der Waals surface area contributed by atoms with E-state index >= 15 is 0 Å². The molecular formula is C10H13ClN2. The van der Waals surface area contributed by atoms with E-state index in [9.17, 15) is 0 Å². The van der Waals surface area contributed by atoms with Gasteiger partial charge in [0.2, 0.25) is 0 Å². The maximum Gasteiger partial charge on any atom is 0.128 e. The van der Waals surface area contributed by atoms with Crippen LogP contribution in [0.2, 0.25) is 5.02 Å². The molecule has 0 aliphatic carbocycles. The normalized spacial score (nSPS) is 22.3. The van der Waals surface area contributed by atoms with E-state index in [1.807, 2.05) is 12.1 Å². The Labute approximate surface area is 83.5 Å². The van der Waals surface area contributed by atoms with E-state index in [1.54, 1.807) is 6.20 Å². The Morgan fingerprint density at radius 1 is 1.54 bits per heavy atom. The van der Waals surface area contributed by atoms with Gasteiger partial charge in [-0.1, -0.05) is 18.5 Å². The molecule has 2 heterocycles. The zero-order chi connectivity index (χ0) is 9.26. The van der Waals surface area contributed by atoms with Crippen LogP contribution in [0.1, 0.15) is 13.3 Å². The van der Waals surface area contributed by atoms with Crippen LogP contribution in [0.25, 0.3) is 0 Å². The maximum atomic E-state index is 5.77. The van der Waals surface area contributed by atoms with Crippen molar-refractivity contribution in [2.24, 2.45) is 5.92 Å². The number of pyridine rings is 1. The molecule has 1 atom stereocenters. The second-order valence-electron chi connectivity index (χ2n) is 3.67. The highest BCUT2D eigenvalue weighted by molar-refractivity contribution is 6.30. The summed E-state index contributed by atoms with van der Waals surface area (Å²) in [5.41, 5.74) is 0. The van der Waals surface area contributed by atoms with Crippen molar-refractivity contribution in [3.8, 4) is 0 Å². The summed E-state index contributed by atoms with van der Waals surface area (Å²) in [5, 5.41) is 0.705. The zero-order valence-corrected chi connectivity index (χ0v) is 8.46. The van der Waals surface area contributed by atoms with Crippen LogP contribution in [-0.4, -0.2) is 18.1 Å². The minimum atomic E-state index is 0.705. The molecule has 0 aromatic carbocycles. The fraction of sp³-hybridized carbons (Fsp3) is 0.500. The highest BCUT2D eigenvalue weighted by atomic mass is 35.5. The molecular weight excluding hydrogens is 184 g/mol. The van der Waals surface area contributed by atoms with Crippen molar-refractivity contribution in [2.45, 2.75) is 13.3 Å². The van der Waals surface area contributed by atoms with E-state index in [0.29, 0.717) is 5.02 Å². The molecule has 1 fully saturated rings. The summed E-state index contributed by atoms with van der Waals surface area (Å²) in [4.78, 5) is 6.60. The number of rotatable bonds is 1. The lowest BCUT2D eigenvalue weighted by molar-refractivity contribution is 0.659. The van der Waals surface area contributed by atoms with Crippen LogP contribution in [0.5, 0.6) is 0 Å². The maximum absolute atomic E-state index is 5.77. The summed E-state index contributed by atoms with van der Waals surface area (Å²) in [6.07, 6.45) is 2.98. The van der Waals surface area contributed by atoms with Crippen LogP contribution >= 0.6 is 11.6 Å². The van der Waals surface area contributed by atoms with Crippen molar-refractivity contribution >= 4 is 17.4 Å². The number of nitrogens with zero attached hydrogens (tertiary/aromatic N) is 2. The van der Waals surface area contributed by atoms with E-state index < -0.39 is 0 Å². The molecule has 13 heavy (non-hydrogen) atoms. The molecule has 1 aromatic rings. The van der Waals surface area contributed by atoms with Gasteiger partial charge in [0.1, 0.15) is 5.82 Å². The average Bonchev–Trinajstić information content (AvgIpc) is 2.53. The molecule has 0 N–H and O–H groups in total. The Balaban J connectivity index is 2.13. The van der Waals surface area contributed by atoms with Gasteiger partial charge in [-0.15, -0.1) is 0 Å². The summed E-state index contributed by atoms with van der Waals surface area (Å²) in [6.45, 7) is 4.51. The summed E-state index contributed by atoms with van der Waals surface area (Å²) >= 11 is 5.77. The first-order chi connectivity index (χ1) is 6.25. The van der Waals surface area contributed by atoms with E-state index in [-0.39, 0.29) is 0 Å². The number of aromatic nitrogens is 1. The van der Waals surface area contributed by atoms with Gasteiger partial charge in [0.25, 0.3) is 0 Å². The van der Waals surface area contributed by atoms with E-state index in [0.717, 1.165) is 24.8 Å². The first-order valence-corrected chi connectivity index (χ1v) is 5.00. The summed E-state index contributed by atoms with van der Waals surface area (Å²) in [7, 11) is 0. The molecule has 3 heteroatoms. The van der Waals surface area contributed by atoms with Gasteiger partial charge < -0.3 is 4.90 Å². The third-order valence-corrected chi connectivity index (χ3v) is 2.68. The largest absolute Gasteiger partial charge is 0.356 e. The predicted molar refractivity (Wildman–Crippen MR) is 55.2 cm³/mol. The van der Waals surface area contributed by atoms with E-state index in [4.69, 9.17) is 11.6 Å². The molecule has 70 valence electrons. The lowest BCUT2D eigenvalue weighted by Crippen LogP contribution is -2.19. The van der Waals surface area contributed by atoms with Gasteiger partial charge in [0.05, 0.1) is 5.02 Å². The van der Waals surface area contributed by atoms with Crippen molar-refractivity contribution in [2.75, 3.05) is 18.0 Å². The molecule has 1 saturated heterocycles. The van der Waals surface area contributed by atoms with Crippen molar-refractivity contribution < 1.29 is 0 Å². The van der Waals surface area contributed by atoms with Crippen LogP contribution in [0, 0.1) is 5.92 Å². The van der Waals surface area contributed by atoms with Gasteiger partial charge in [0, 0.05) is 19.3 Å². The number of halogens is 1. The number of hydrogen-bond donors (Lipinski definition) is 0. The fourth-order valence-electron chi connectivity index (χ4n) is 1.70. The number of anilines is 1. The molecule has 0 spiro atoms. The molecule has 1 unspecified atom stereocenters. The molecule has 1 aliphatic heterocycles. The van der Waals surface area contributed by atoms with Crippen molar-refractivity contribution in [1.29, 1.82) is 0 Å². The van der Waals surface area contributed by atoms with Crippen LogP contribution in [0.15, 0.2) is 18.3 Å². The van der Waals surface area contributed by atoms with E-state index in [1.165, 1.54) is 6.42 Å². The molecule has 0 amide bonds. The standard InChI is InChI=1S/C10H13ClN2/c1-8-4-5-13(7-8)10-3-2-9(11)6-12-10/h2-3,6,8H,4-5,7H2,1H3. The first kappa shape index (κ1) is 8.82. The number of hydrogen-bond acceptors (Lipinski definition) is 2. The Morgan fingerprint density at radius 3 is 2.92 bits per heavy atom. The molecule has 0 saturated carbocycles. The van der Waals surface area contributed by atoms with Gasteiger partial charge in [-0.05, 0) is 24.5 Å². The monoisotopic (exact) mass is 196 g/mol. The van der Waals surface area contributed by atoms with Gasteiger partial charge in [0.15, 0.2) is 0 Å². The van der Waals surface area contributed by atoms with Gasteiger partial charge >= 0.3 is 0 Å². The third-order valence-electron chi connectivity index (χ3n) is 2.46. The predicted octanol–water partition coefficient (Wildman–Crippen LogP) is 2.58. The lowest BCUT2D eigenvalue weighted by atomic mass is 10.2. The Kier molecular flexibility index (Phi) is 2.40. The second kappa shape index (κ2) is 3.54. The van der Waals surface area contributed by atoms with Gasteiger partial charge in [-0.3, -0.25) is 0 Å². The third kappa shape index (κ3) is 1.94. The minimum Gasteiger partial charge on any atom is -0.356 e. The Morgan fingerprint density at radius 2 is 2.38 bits per heavy atom. The topological polar surface area (TPSA) is 16.1 Å². The van der Waals surface area contributed by atoms with Crippen LogP contribution in [0.4, 0.5) is 5.82 Å². The average molecular weight is 197 g/mol. The fourth-order valence-corrected chi connectivity index (χ4v) is 1.81. The summed E-state index contributed by atoms with van der Waals surface area (Å²) in [6, 6.07) is 3.88. The Hall–Kier alpha value is -0.760. The smallest absolute Gasteiger partial charge is 0.128 e.